The maximum Gasteiger partial charge on any atom is 0.416 e. The SMILES string of the molecule is CC(C)(CNC(=O)c1cc(C(F)(F)F)ccc1Br)C(N)=O. The minimum absolute atomic E-state index is 0.0795. The molecule has 21 heavy (non-hydrogen) atoms. The fourth-order valence-electron chi connectivity index (χ4n) is 1.36. The number of carbonyl (C=O) groups excluding carboxylic acids is 2. The molecule has 8 heteroatoms. The highest BCUT2D eigenvalue weighted by atomic mass is 79.9. The molecule has 0 heterocycles. The molecule has 116 valence electrons. The lowest BCUT2D eigenvalue weighted by Gasteiger charge is -2.21. The molecule has 0 unspecified atom stereocenters. The Kier molecular flexibility index (Phi) is 5.03. The minimum atomic E-state index is -4.54. The van der Waals surface area contributed by atoms with Crippen LogP contribution in [0.3, 0.4) is 0 Å². The second-order valence-corrected chi connectivity index (χ2v) is 5.98. The van der Waals surface area contributed by atoms with Gasteiger partial charge < -0.3 is 11.1 Å². The maximum atomic E-state index is 12.6. The predicted molar refractivity (Wildman–Crippen MR) is 74.5 cm³/mol. The van der Waals surface area contributed by atoms with E-state index in [1.165, 1.54) is 13.8 Å². The zero-order valence-electron chi connectivity index (χ0n) is 11.3. The second-order valence-electron chi connectivity index (χ2n) is 5.12. The molecular formula is C13H14BrF3N2O2. The van der Waals surface area contributed by atoms with Crippen LogP contribution >= 0.6 is 15.9 Å². The molecule has 0 aliphatic carbocycles. The van der Waals surface area contributed by atoms with E-state index >= 15 is 0 Å². The molecule has 0 saturated heterocycles. The number of amides is 2. The quantitative estimate of drug-likeness (QED) is 0.859. The number of rotatable bonds is 4. The zero-order chi connectivity index (χ0) is 16.4. The minimum Gasteiger partial charge on any atom is -0.369 e. The van der Waals surface area contributed by atoms with Gasteiger partial charge >= 0.3 is 6.18 Å². The number of hydrogen-bond donors (Lipinski definition) is 2. The number of primary amides is 1. The molecule has 0 aliphatic heterocycles. The van der Waals surface area contributed by atoms with Crippen LogP contribution in [-0.2, 0) is 11.0 Å². The van der Waals surface area contributed by atoms with E-state index in [0.29, 0.717) is 0 Å². The fraction of sp³-hybridized carbons (Fsp3) is 0.385. The van der Waals surface area contributed by atoms with Crippen molar-refractivity contribution in [2.45, 2.75) is 20.0 Å². The summed E-state index contributed by atoms with van der Waals surface area (Å²) in [6.45, 7) is 2.97. The molecule has 1 aromatic carbocycles. The Hall–Kier alpha value is -1.57. The third-order valence-corrected chi connectivity index (χ3v) is 3.59. The molecule has 0 aromatic heterocycles. The van der Waals surface area contributed by atoms with Crippen molar-refractivity contribution >= 4 is 27.7 Å². The van der Waals surface area contributed by atoms with Crippen LogP contribution in [0.15, 0.2) is 22.7 Å². The highest BCUT2D eigenvalue weighted by Gasteiger charge is 2.32. The monoisotopic (exact) mass is 366 g/mol. The van der Waals surface area contributed by atoms with E-state index in [4.69, 9.17) is 5.73 Å². The standard InChI is InChI=1S/C13H14BrF3N2O2/c1-12(2,11(18)21)6-19-10(20)8-5-7(13(15,16)17)3-4-9(8)14/h3-5H,6H2,1-2H3,(H2,18,21)(H,19,20). The number of carbonyl (C=O) groups is 2. The topological polar surface area (TPSA) is 72.2 Å². The molecular weight excluding hydrogens is 353 g/mol. The van der Waals surface area contributed by atoms with E-state index in [-0.39, 0.29) is 16.6 Å². The molecule has 1 aromatic rings. The van der Waals surface area contributed by atoms with Crippen molar-refractivity contribution in [1.82, 2.24) is 5.32 Å². The van der Waals surface area contributed by atoms with Crippen LogP contribution in [0.5, 0.6) is 0 Å². The third-order valence-electron chi connectivity index (χ3n) is 2.90. The van der Waals surface area contributed by atoms with E-state index in [1.54, 1.807) is 0 Å². The molecule has 1 rings (SSSR count). The lowest BCUT2D eigenvalue weighted by atomic mass is 9.92. The molecule has 0 spiro atoms. The van der Waals surface area contributed by atoms with Gasteiger partial charge in [-0.25, -0.2) is 0 Å². The van der Waals surface area contributed by atoms with E-state index in [1.807, 2.05) is 0 Å². The number of halogens is 4. The highest BCUT2D eigenvalue weighted by molar-refractivity contribution is 9.10. The molecule has 0 bridgehead atoms. The third kappa shape index (κ3) is 4.45. The van der Waals surface area contributed by atoms with Gasteiger partial charge in [-0.15, -0.1) is 0 Å². The lowest BCUT2D eigenvalue weighted by molar-refractivity contribution is -0.137. The van der Waals surface area contributed by atoms with Gasteiger partial charge in [0, 0.05) is 11.0 Å². The number of hydrogen-bond acceptors (Lipinski definition) is 2. The summed E-state index contributed by atoms with van der Waals surface area (Å²) in [6.07, 6.45) is -4.54. The number of alkyl halides is 3. The van der Waals surface area contributed by atoms with Gasteiger partial charge in [0.2, 0.25) is 5.91 Å². The van der Waals surface area contributed by atoms with Crippen molar-refractivity contribution < 1.29 is 22.8 Å². The van der Waals surface area contributed by atoms with Gasteiger partial charge in [-0.2, -0.15) is 13.2 Å². The smallest absolute Gasteiger partial charge is 0.369 e. The molecule has 0 atom stereocenters. The number of benzene rings is 1. The fourth-order valence-corrected chi connectivity index (χ4v) is 1.79. The van der Waals surface area contributed by atoms with Crippen LogP contribution in [-0.4, -0.2) is 18.4 Å². The summed E-state index contributed by atoms with van der Waals surface area (Å²) in [7, 11) is 0. The van der Waals surface area contributed by atoms with Crippen LogP contribution in [0.4, 0.5) is 13.2 Å². The average Bonchev–Trinajstić information content (AvgIpc) is 2.35. The zero-order valence-corrected chi connectivity index (χ0v) is 12.9. The van der Waals surface area contributed by atoms with Crippen LogP contribution < -0.4 is 11.1 Å². The second kappa shape index (κ2) is 6.05. The molecule has 4 nitrogen and oxygen atoms in total. The van der Waals surface area contributed by atoms with Gasteiger partial charge in [0.15, 0.2) is 0 Å². The summed E-state index contributed by atoms with van der Waals surface area (Å²) >= 11 is 3.03. The predicted octanol–water partition coefficient (Wildman–Crippen LogP) is 2.71. The van der Waals surface area contributed by atoms with Crippen molar-refractivity contribution in [1.29, 1.82) is 0 Å². The van der Waals surface area contributed by atoms with Crippen molar-refractivity contribution in [2.24, 2.45) is 11.1 Å². The molecule has 3 N–H and O–H groups in total. The summed E-state index contributed by atoms with van der Waals surface area (Å²) in [5, 5.41) is 2.40. The van der Waals surface area contributed by atoms with Crippen molar-refractivity contribution in [2.75, 3.05) is 6.54 Å². The normalized spacial score (nSPS) is 12.1. The van der Waals surface area contributed by atoms with Gasteiger partial charge in [0.25, 0.3) is 5.91 Å². The first-order valence-electron chi connectivity index (χ1n) is 5.90. The lowest BCUT2D eigenvalue weighted by Crippen LogP contribution is -2.42. The number of nitrogens with one attached hydrogen (secondary N) is 1. The molecule has 2 amide bonds. The van der Waals surface area contributed by atoms with Crippen molar-refractivity contribution in [3.05, 3.63) is 33.8 Å². The van der Waals surface area contributed by atoms with E-state index in [0.717, 1.165) is 18.2 Å². The van der Waals surface area contributed by atoms with Crippen LogP contribution in [0.1, 0.15) is 29.8 Å². The first-order chi connectivity index (χ1) is 9.45. The summed E-state index contributed by atoms with van der Waals surface area (Å²) in [5.74, 6) is -1.34. The van der Waals surface area contributed by atoms with Gasteiger partial charge in [-0.05, 0) is 48.0 Å². The van der Waals surface area contributed by atoms with Gasteiger partial charge in [-0.3, -0.25) is 9.59 Å². The highest BCUT2D eigenvalue weighted by Crippen LogP contribution is 2.31. The Labute approximate surface area is 128 Å². The molecule has 0 radical (unpaired) electrons. The van der Waals surface area contributed by atoms with Crippen molar-refractivity contribution in [3.8, 4) is 0 Å². The Morgan fingerprint density at radius 3 is 2.33 bits per heavy atom. The van der Waals surface area contributed by atoms with Gasteiger partial charge in [0.05, 0.1) is 16.5 Å². The van der Waals surface area contributed by atoms with Gasteiger partial charge in [0.1, 0.15) is 0 Å². The summed E-state index contributed by atoms with van der Waals surface area (Å²) in [4.78, 5) is 23.1. The van der Waals surface area contributed by atoms with E-state index in [9.17, 15) is 22.8 Å². The Bertz CT molecular complexity index is 571. The summed E-state index contributed by atoms with van der Waals surface area (Å²) < 4.78 is 38.1. The first-order valence-corrected chi connectivity index (χ1v) is 6.69. The van der Waals surface area contributed by atoms with E-state index < -0.39 is 29.0 Å². The maximum absolute atomic E-state index is 12.6. The van der Waals surface area contributed by atoms with Crippen LogP contribution in [0.25, 0.3) is 0 Å². The molecule has 0 aliphatic rings. The average molecular weight is 367 g/mol. The largest absolute Gasteiger partial charge is 0.416 e. The van der Waals surface area contributed by atoms with Gasteiger partial charge in [-0.1, -0.05) is 0 Å². The Morgan fingerprint density at radius 1 is 1.29 bits per heavy atom. The Morgan fingerprint density at radius 2 is 1.86 bits per heavy atom. The summed E-state index contributed by atoms with van der Waals surface area (Å²) in [5.41, 5.74) is 3.07. The molecule has 0 saturated carbocycles. The van der Waals surface area contributed by atoms with E-state index in [2.05, 4.69) is 21.2 Å². The summed E-state index contributed by atoms with van der Waals surface area (Å²) in [6, 6.07) is 2.77. The molecule has 0 fully saturated rings. The van der Waals surface area contributed by atoms with Crippen LogP contribution in [0, 0.1) is 5.41 Å². The number of nitrogens with two attached hydrogens (primary N) is 1. The first kappa shape index (κ1) is 17.5. The van der Waals surface area contributed by atoms with Crippen LogP contribution in [0.2, 0.25) is 0 Å². The van der Waals surface area contributed by atoms with Crippen molar-refractivity contribution in [3.63, 3.8) is 0 Å². The Balaban J connectivity index is 2.95.